The second-order valence-corrected chi connectivity index (χ2v) is 4.38. The molecule has 1 aromatic heterocycles. The molecule has 0 saturated carbocycles. The van der Waals surface area contributed by atoms with E-state index in [1.54, 1.807) is 0 Å². The largest absolute Gasteiger partial charge is 0.306 e. The van der Waals surface area contributed by atoms with Crippen LogP contribution in [0.4, 0.5) is 0 Å². The molecule has 0 aliphatic heterocycles. The Kier molecular flexibility index (Phi) is 3.59. The summed E-state index contributed by atoms with van der Waals surface area (Å²) in [7, 11) is 0. The van der Waals surface area contributed by atoms with Gasteiger partial charge in [0, 0.05) is 11.8 Å². The number of nitrogens with zero attached hydrogens (tertiary/aromatic N) is 1. The van der Waals surface area contributed by atoms with Crippen molar-refractivity contribution in [2.45, 2.75) is 26.8 Å². The van der Waals surface area contributed by atoms with Crippen LogP contribution in [0.5, 0.6) is 0 Å². The fourth-order valence-corrected chi connectivity index (χ4v) is 2.10. The summed E-state index contributed by atoms with van der Waals surface area (Å²) < 4.78 is 0. The number of aryl methyl sites for hydroxylation is 2. The second kappa shape index (κ2) is 5.15. The van der Waals surface area contributed by atoms with Gasteiger partial charge in [-0.25, -0.2) is 0 Å². The Balaban J connectivity index is 2.42. The molecule has 17 heavy (non-hydrogen) atoms. The predicted octanol–water partition coefficient (Wildman–Crippen LogP) is 2.73. The zero-order valence-electron chi connectivity index (χ0n) is 10.6. The summed E-state index contributed by atoms with van der Waals surface area (Å²) in [5, 5.41) is 10.4. The summed E-state index contributed by atoms with van der Waals surface area (Å²) >= 11 is 0. The van der Waals surface area contributed by atoms with Gasteiger partial charge in [-0.3, -0.25) is 5.10 Å². The number of nitrogens with one attached hydrogen (secondary N) is 2. The highest BCUT2D eigenvalue weighted by molar-refractivity contribution is 5.37. The van der Waals surface area contributed by atoms with Crippen LogP contribution in [0.2, 0.25) is 0 Å². The quantitative estimate of drug-likeness (QED) is 0.846. The van der Waals surface area contributed by atoms with Crippen molar-refractivity contribution in [1.29, 1.82) is 0 Å². The normalized spacial score (nSPS) is 12.6. The minimum atomic E-state index is 0.221. The molecule has 0 aliphatic rings. The third-order valence-corrected chi connectivity index (χ3v) is 3.01. The smallest absolute Gasteiger partial charge is 0.0610 e. The number of aromatic nitrogens is 2. The Hall–Kier alpha value is -1.61. The summed E-state index contributed by atoms with van der Waals surface area (Å²) in [6.07, 6.45) is 3.84. The molecule has 0 radical (unpaired) electrons. The molecule has 0 fully saturated rings. The van der Waals surface area contributed by atoms with Crippen LogP contribution in [0.25, 0.3) is 0 Å². The van der Waals surface area contributed by atoms with Gasteiger partial charge in [-0.2, -0.15) is 5.10 Å². The maximum atomic E-state index is 4.04. The fraction of sp³-hybridized carbons (Fsp3) is 0.357. The van der Waals surface area contributed by atoms with Gasteiger partial charge in [0.05, 0.1) is 12.2 Å². The molecule has 1 unspecified atom stereocenters. The maximum absolute atomic E-state index is 4.04. The molecule has 0 amide bonds. The molecule has 3 nitrogen and oxygen atoms in total. The molecule has 0 bridgehead atoms. The monoisotopic (exact) mass is 229 g/mol. The second-order valence-electron chi connectivity index (χ2n) is 4.38. The van der Waals surface area contributed by atoms with E-state index in [0.29, 0.717) is 0 Å². The van der Waals surface area contributed by atoms with Crippen molar-refractivity contribution in [3.05, 3.63) is 52.8 Å². The van der Waals surface area contributed by atoms with Gasteiger partial charge in [-0.05, 0) is 31.5 Å². The summed E-state index contributed by atoms with van der Waals surface area (Å²) in [6.45, 7) is 7.34. The van der Waals surface area contributed by atoms with Crippen molar-refractivity contribution in [2.24, 2.45) is 0 Å². The summed E-state index contributed by atoms with van der Waals surface area (Å²) in [6, 6.07) is 6.79. The van der Waals surface area contributed by atoms with Gasteiger partial charge in [-0.15, -0.1) is 0 Å². The van der Waals surface area contributed by atoms with Crippen molar-refractivity contribution in [3.8, 4) is 0 Å². The Labute approximate surface area is 102 Å². The van der Waals surface area contributed by atoms with E-state index in [4.69, 9.17) is 0 Å². The number of rotatable bonds is 4. The molecule has 3 heteroatoms. The molecule has 1 heterocycles. The van der Waals surface area contributed by atoms with E-state index in [1.165, 1.54) is 22.3 Å². The lowest BCUT2D eigenvalue weighted by Crippen LogP contribution is -2.22. The van der Waals surface area contributed by atoms with E-state index < -0.39 is 0 Å². The van der Waals surface area contributed by atoms with Crippen LogP contribution in [-0.4, -0.2) is 16.7 Å². The Bertz CT molecular complexity index is 474. The van der Waals surface area contributed by atoms with Gasteiger partial charge < -0.3 is 5.32 Å². The topological polar surface area (TPSA) is 40.7 Å². The standard InChI is InChI=1S/C14H19N3/c1-4-15-14(12-8-16-17-9-12)13-7-10(2)5-6-11(13)3/h5-9,14-15H,4H2,1-3H3,(H,16,17). The van der Waals surface area contributed by atoms with E-state index in [0.717, 1.165) is 6.54 Å². The highest BCUT2D eigenvalue weighted by atomic mass is 15.1. The van der Waals surface area contributed by atoms with Crippen molar-refractivity contribution in [1.82, 2.24) is 15.5 Å². The lowest BCUT2D eigenvalue weighted by atomic mass is 9.95. The van der Waals surface area contributed by atoms with Gasteiger partial charge in [0.25, 0.3) is 0 Å². The lowest BCUT2D eigenvalue weighted by Gasteiger charge is -2.19. The minimum absolute atomic E-state index is 0.221. The Morgan fingerprint density at radius 3 is 2.82 bits per heavy atom. The van der Waals surface area contributed by atoms with Crippen LogP contribution in [0.15, 0.2) is 30.6 Å². The number of hydrogen-bond donors (Lipinski definition) is 2. The molecule has 1 atom stereocenters. The number of hydrogen-bond acceptors (Lipinski definition) is 2. The average Bonchev–Trinajstić information content (AvgIpc) is 2.83. The van der Waals surface area contributed by atoms with E-state index in [-0.39, 0.29) is 6.04 Å². The molecule has 2 aromatic rings. The molecule has 2 N–H and O–H groups in total. The average molecular weight is 229 g/mol. The van der Waals surface area contributed by atoms with E-state index >= 15 is 0 Å². The Morgan fingerprint density at radius 1 is 1.35 bits per heavy atom. The maximum Gasteiger partial charge on any atom is 0.0610 e. The van der Waals surface area contributed by atoms with Crippen molar-refractivity contribution in [3.63, 3.8) is 0 Å². The highest BCUT2D eigenvalue weighted by Crippen LogP contribution is 2.25. The molecule has 0 spiro atoms. The van der Waals surface area contributed by atoms with Gasteiger partial charge in [-0.1, -0.05) is 30.7 Å². The van der Waals surface area contributed by atoms with Crippen LogP contribution >= 0.6 is 0 Å². The minimum Gasteiger partial charge on any atom is -0.306 e. The highest BCUT2D eigenvalue weighted by Gasteiger charge is 2.15. The fourth-order valence-electron chi connectivity index (χ4n) is 2.10. The summed E-state index contributed by atoms with van der Waals surface area (Å²) in [5.41, 5.74) is 5.11. The van der Waals surface area contributed by atoms with E-state index in [1.807, 2.05) is 12.4 Å². The number of H-pyrrole nitrogens is 1. The van der Waals surface area contributed by atoms with Gasteiger partial charge in [0.1, 0.15) is 0 Å². The first-order valence-electron chi connectivity index (χ1n) is 6.01. The molecule has 90 valence electrons. The third-order valence-electron chi connectivity index (χ3n) is 3.01. The van der Waals surface area contributed by atoms with Crippen LogP contribution in [-0.2, 0) is 0 Å². The summed E-state index contributed by atoms with van der Waals surface area (Å²) in [4.78, 5) is 0. The van der Waals surface area contributed by atoms with Crippen molar-refractivity contribution >= 4 is 0 Å². The SMILES string of the molecule is CCNC(c1cn[nH]c1)c1cc(C)ccc1C. The van der Waals surface area contributed by atoms with Crippen LogP contribution < -0.4 is 5.32 Å². The predicted molar refractivity (Wildman–Crippen MR) is 70.0 cm³/mol. The van der Waals surface area contributed by atoms with Crippen molar-refractivity contribution in [2.75, 3.05) is 6.54 Å². The zero-order chi connectivity index (χ0) is 12.3. The molecule has 0 aliphatic carbocycles. The first kappa shape index (κ1) is 11.9. The first-order chi connectivity index (χ1) is 8.22. The summed E-state index contributed by atoms with van der Waals surface area (Å²) in [5.74, 6) is 0. The van der Waals surface area contributed by atoms with Crippen LogP contribution in [0.1, 0.15) is 35.2 Å². The number of benzene rings is 1. The molecular formula is C14H19N3. The lowest BCUT2D eigenvalue weighted by molar-refractivity contribution is 0.627. The van der Waals surface area contributed by atoms with Crippen LogP contribution in [0, 0.1) is 13.8 Å². The van der Waals surface area contributed by atoms with Crippen molar-refractivity contribution < 1.29 is 0 Å². The zero-order valence-corrected chi connectivity index (χ0v) is 10.6. The van der Waals surface area contributed by atoms with Gasteiger partial charge in [0.2, 0.25) is 0 Å². The van der Waals surface area contributed by atoms with E-state index in [9.17, 15) is 0 Å². The van der Waals surface area contributed by atoms with Crippen LogP contribution in [0.3, 0.4) is 0 Å². The van der Waals surface area contributed by atoms with Gasteiger partial charge in [0.15, 0.2) is 0 Å². The molecule has 1 aromatic carbocycles. The van der Waals surface area contributed by atoms with E-state index in [2.05, 4.69) is 54.5 Å². The third kappa shape index (κ3) is 2.56. The Morgan fingerprint density at radius 2 is 2.18 bits per heavy atom. The molecular weight excluding hydrogens is 210 g/mol. The number of aromatic amines is 1. The molecule has 0 saturated heterocycles. The first-order valence-corrected chi connectivity index (χ1v) is 6.01. The van der Waals surface area contributed by atoms with Gasteiger partial charge >= 0.3 is 0 Å². The molecule has 2 rings (SSSR count).